The summed E-state index contributed by atoms with van der Waals surface area (Å²) in [6.45, 7) is 4.48. The number of sulfonamides is 1. The topological polar surface area (TPSA) is 49.4 Å². The van der Waals surface area contributed by atoms with E-state index in [2.05, 4.69) is 21.8 Å². The van der Waals surface area contributed by atoms with Crippen LogP contribution in [-0.4, -0.2) is 39.0 Å². The van der Waals surface area contributed by atoms with Gasteiger partial charge in [-0.05, 0) is 57.0 Å². The van der Waals surface area contributed by atoms with Crippen molar-refractivity contribution >= 4 is 21.4 Å². The molecule has 1 aliphatic rings. The van der Waals surface area contributed by atoms with Crippen LogP contribution in [0.15, 0.2) is 46.7 Å². The van der Waals surface area contributed by atoms with E-state index in [9.17, 15) is 8.42 Å². The summed E-state index contributed by atoms with van der Waals surface area (Å²) in [6.07, 6.45) is 3.26. The van der Waals surface area contributed by atoms with E-state index in [-0.39, 0.29) is 6.04 Å². The largest absolute Gasteiger partial charge is 0.299 e. The molecule has 1 aromatic heterocycles. The lowest BCUT2D eigenvalue weighted by Crippen LogP contribution is -2.43. The molecule has 1 aliphatic heterocycles. The Morgan fingerprint density at radius 1 is 1.12 bits per heavy atom. The van der Waals surface area contributed by atoms with Gasteiger partial charge in [0.1, 0.15) is 4.21 Å². The van der Waals surface area contributed by atoms with Gasteiger partial charge >= 0.3 is 0 Å². The Balaban J connectivity index is 1.69. The Morgan fingerprint density at radius 3 is 2.46 bits per heavy atom. The molecule has 130 valence electrons. The summed E-state index contributed by atoms with van der Waals surface area (Å²) in [6, 6.07) is 14.0. The van der Waals surface area contributed by atoms with Crippen molar-refractivity contribution in [2.24, 2.45) is 0 Å². The Kier molecular flexibility index (Phi) is 5.71. The number of nitrogens with one attached hydrogen (secondary N) is 1. The van der Waals surface area contributed by atoms with Crippen LogP contribution < -0.4 is 4.72 Å². The Morgan fingerprint density at radius 2 is 1.83 bits per heavy atom. The highest BCUT2D eigenvalue weighted by Crippen LogP contribution is 2.21. The van der Waals surface area contributed by atoms with E-state index in [0.717, 1.165) is 24.4 Å². The zero-order valence-corrected chi connectivity index (χ0v) is 15.6. The van der Waals surface area contributed by atoms with Crippen LogP contribution in [-0.2, 0) is 16.4 Å². The second-order valence-corrected chi connectivity index (χ2v) is 9.59. The molecule has 0 amide bonds. The number of rotatable bonds is 7. The highest BCUT2D eigenvalue weighted by atomic mass is 32.2. The van der Waals surface area contributed by atoms with Crippen molar-refractivity contribution in [2.75, 3.05) is 19.6 Å². The minimum atomic E-state index is -3.41. The van der Waals surface area contributed by atoms with E-state index in [4.69, 9.17) is 0 Å². The molecule has 3 rings (SSSR count). The third-order valence-electron chi connectivity index (χ3n) is 4.46. The number of hydrogen-bond donors (Lipinski definition) is 1. The second kappa shape index (κ2) is 7.78. The fraction of sp³-hybridized carbons (Fsp3) is 0.444. The van der Waals surface area contributed by atoms with Gasteiger partial charge in [-0.15, -0.1) is 11.3 Å². The molecule has 1 atom stereocenters. The van der Waals surface area contributed by atoms with Crippen molar-refractivity contribution in [3.8, 4) is 0 Å². The zero-order valence-electron chi connectivity index (χ0n) is 13.9. The van der Waals surface area contributed by atoms with Crippen LogP contribution in [0.4, 0.5) is 0 Å². The molecule has 2 aromatic rings. The van der Waals surface area contributed by atoms with E-state index < -0.39 is 10.0 Å². The molecule has 0 bridgehead atoms. The summed E-state index contributed by atoms with van der Waals surface area (Å²) >= 11 is 1.32. The van der Waals surface area contributed by atoms with Gasteiger partial charge in [-0.1, -0.05) is 30.3 Å². The van der Waals surface area contributed by atoms with Gasteiger partial charge in [-0.2, -0.15) is 0 Å². The molecule has 0 saturated carbocycles. The van der Waals surface area contributed by atoms with E-state index >= 15 is 0 Å². The van der Waals surface area contributed by atoms with Crippen molar-refractivity contribution in [1.82, 2.24) is 9.62 Å². The van der Waals surface area contributed by atoms with Gasteiger partial charge in [0, 0.05) is 17.5 Å². The molecular weight excluding hydrogens is 340 g/mol. The van der Waals surface area contributed by atoms with Gasteiger partial charge in [0.2, 0.25) is 10.0 Å². The van der Waals surface area contributed by atoms with Crippen LogP contribution in [0, 0.1) is 6.92 Å². The Hall–Kier alpha value is -1.21. The third-order valence-corrected chi connectivity index (χ3v) is 7.38. The molecular formula is C18H24N2O2S2. The number of hydrogen-bond acceptors (Lipinski definition) is 4. The molecule has 1 N–H and O–H groups in total. The molecule has 1 fully saturated rings. The van der Waals surface area contributed by atoms with Crippen LogP contribution in [0.2, 0.25) is 0 Å². The van der Waals surface area contributed by atoms with E-state index in [1.807, 2.05) is 31.2 Å². The summed E-state index contributed by atoms with van der Waals surface area (Å²) in [7, 11) is -3.41. The van der Waals surface area contributed by atoms with Crippen molar-refractivity contribution in [3.05, 3.63) is 52.9 Å². The first kappa shape index (κ1) is 17.6. The first-order valence-corrected chi connectivity index (χ1v) is 10.7. The predicted molar refractivity (Wildman–Crippen MR) is 99.0 cm³/mol. The Labute approximate surface area is 148 Å². The van der Waals surface area contributed by atoms with Gasteiger partial charge in [-0.25, -0.2) is 13.1 Å². The number of aryl methyl sites for hydroxylation is 1. The van der Waals surface area contributed by atoms with E-state index in [1.165, 1.54) is 29.7 Å². The SMILES string of the molecule is Cc1ccc(S(=O)(=O)NCC(Cc2ccccc2)N2CCCC2)s1. The number of thiophene rings is 1. The molecule has 2 heterocycles. The molecule has 6 heteroatoms. The summed E-state index contributed by atoms with van der Waals surface area (Å²) in [5, 5.41) is 0. The minimum Gasteiger partial charge on any atom is -0.299 e. The molecule has 1 unspecified atom stereocenters. The van der Waals surface area contributed by atoms with Crippen LogP contribution >= 0.6 is 11.3 Å². The number of nitrogens with zero attached hydrogens (tertiary/aromatic N) is 1. The molecule has 0 radical (unpaired) electrons. The van der Waals surface area contributed by atoms with E-state index in [1.54, 1.807) is 6.07 Å². The van der Waals surface area contributed by atoms with Crippen molar-refractivity contribution in [3.63, 3.8) is 0 Å². The summed E-state index contributed by atoms with van der Waals surface area (Å²) in [4.78, 5) is 3.42. The summed E-state index contributed by atoms with van der Waals surface area (Å²) in [5.74, 6) is 0. The quantitative estimate of drug-likeness (QED) is 0.821. The normalized spacial score (nSPS) is 17.2. The standard InChI is InChI=1S/C18H24N2O2S2/c1-15-9-10-18(23-15)24(21,22)19-14-17(20-11-5-6-12-20)13-16-7-3-2-4-8-16/h2-4,7-10,17,19H,5-6,11-14H2,1H3. The fourth-order valence-corrected chi connectivity index (χ4v) is 5.56. The molecule has 24 heavy (non-hydrogen) atoms. The van der Waals surface area contributed by atoms with Crippen LogP contribution in [0.25, 0.3) is 0 Å². The maximum Gasteiger partial charge on any atom is 0.250 e. The fourth-order valence-electron chi connectivity index (χ4n) is 3.16. The van der Waals surface area contributed by atoms with E-state index in [0.29, 0.717) is 10.8 Å². The maximum absolute atomic E-state index is 12.5. The zero-order chi connectivity index (χ0) is 17.0. The molecule has 1 aromatic carbocycles. The smallest absolute Gasteiger partial charge is 0.250 e. The lowest BCUT2D eigenvalue weighted by molar-refractivity contribution is 0.241. The van der Waals surface area contributed by atoms with Gasteiger partial charge in [0.15, 0.2) is 0 Å². The second-order valence-electron chi connectivity index (χ2n) is 6.30. The van der Waals surface area contributed by atoms with Crippen LogP contribution in [0.3, 0.4) is 0 Å². The number of benzene rings is 1. The minimum absolute atomic E-state index is 0.200. The number of likely N-dealkylation sites (tertiary alicyclic amines) is 1. The van der Waals surface area contributed by atoms with Crippen LogP contribution in [0.1, 0.15) is 23.3 Å². The Bertz CT molecular complexity index is 750. The van der Waals surface area contributed by atoms with Crippen molar-refractivity contribution < 1.29 is 8.42 Å². The average molecular weight is 365 g/mol. The first-order valence-electron chi connectivity index (χ1n) is 8.39. The maximum atomic E-state index is 12.5. The van der Waals surface area contributed by atoms with Gasteiger partial charge in [0.25, 0.3) is 0 Å². The molecule has 0 spiro atoms. The summed E-state index contributed by atoms with van der Waals surface area (Å²) in [5.41, 5.74) is 1.25. The van der Waals surface area contributed by atoms with Crippen LogP contribution in [0.5, 0.6) is 0 Å². The highest BCUT2D eigenvalue weighted by molar-refractivity contribution is 7.91. The molecule has 1 saturated heterocycles. The third kappa shape index (κ3) is 4.45. The van der Waals surface area contributed by atoms with Gasteiger partial charge in [-0.3, -0.25) is 4.90 Å². The van der Waals surface area contributed by atoms with Gasteiger partial charge < -0.3 is 0 Å². The highest BCUT2D eigenvalue weighted by Gasteiger charge is 2.25. The van der Waals surface area contributed by atoms with Gasteiger partial charge in [0.05, 0.1) is 0 Å². The summed E-state index contributed by atoms with van der Waals surface area (Å²) < 4.78 is 28.2. The van der Waals surface area contributed by atoms with Crippen molar-refractivity contribution in [2.45, 2.75) is 36.4 Å². The lowest BCUT2D eigenvalue weighted by Gasteiger charge is -2.27. The monoisotopic (exact) mass is 364 g/mol. The average Bonchev–Trinajstić information content (AvgIpc) is 3.24. The lowest BCUT2D eigenvalue weighted by atomic mass is 10.1. The predicted octanol–water partition coefficient (Wildman–Crippen LogP) is 3.04. The van der Waals surface area contributed by atoms with Crippen molar-refractivity contribution in [1.29, 1.82) is 0 Å². The first-order chi connectivity index (χ1) is 11.5. The molecule has 0 aliphatic carbocycles. The molecule has 4 nitrogen and oxygen atoms in total.